The molecule has 0 atom stereocenters. The van der Waals surface area contributed by atoms with Gasteiger partial charge in [0.25, 0.3) is 0 Å². The molecule has 1 aromatic heterocycles. The third-order valence-electron chi connectivity index (χ3n) is 2.47. The van der Waals surface area contributed by atoms with Crippen LogP contribution in [0.4, 0.5) is 0 Å². The van der Waals surface area contributed by atoms with Crippen molar-refractivity contribution in [2.24, 2.45) is 7.05 Å². The average Bonchev–Trinajstić information content (AvgIpc) is 2.45. The maximum Gasteiger partial charge on any atom is 1.00 e. The molecular formula is C12H12NORb. The van der Waals surface area contributed by atoms with E-state index in [1.54, 1.807) is 6.92 Å². The molecule has 2 aromatic rings. The number of benzene rings is 1. The summed E-state index contributed by atoms with van der Waals surface area (Å²) in [4.78, 5) is 11.3. The molecule has 2 nitrogen and oxygen atoms in total. The van der Waals surface area contributed by atoms with Crippen molar-refractivity contribution in [3.05, 3.63) is 35.5 Å². The Kier molecular flexibility index (Phi) is 4.47. The van der Waals surface area contributed by atoms with Crippen molar-refractivity contribution in [3.63, 3.8) is 0 Å². The second-order valence-electron chi connectivity index (χ2n) is 3.57. The Morgan fingerprint density at radius 3 is 2.67 bits per heavy atom. The van der Waals surface area contributed by atoms with Gasteiger partial charge in [0, 0.05) is 0 Å². The molecule has 0 aliphatic heterocycles. The van der Waals surface area contributed by atoms with Gasteiger partial charge in [-0.1, -0.05) is 35.0 Å². The van der Waals surface area contributed by atoms with Crippen molar-refractivity contribution in [1.29, 1.82) is 0 Å². The Labute approximate surface area is 138 Å². The van der Waals surface area contributed by atoms with Gasteiger partial charge in [-0.3, -0.25) is 0 Å². The number of para-hydroxylation sites is 1. The number of aromatic nitrogens is 1. The predicted octanol–water partition coefficient (Wildman–Crippen LogP) is -0.506. The van der Waals surface area contributed by atoms with Gasteiger partial charge in [-0.15, -0.1) is 11.5 Å². The first-order chi connectivity index (χ1) is 6.61. The van der Waals surface area contributed by atoms with Crippen LogP contribution in [0.15, 0.2) is 18.2 Å². The minimum Gasteiger partial charge on any atom is -0.435 e. The summed E-state index contributed by atoms with van der Waals surface area (Å²) in [6, 6.07) is 5.98. The van der Waals surface area contributed by atoms with E-state index >= 15 is 0 Å². The number of carbonyl (C=O) groups is 1. The van der Waals surface area contributed by atoms with Crippen molar-refractivity contribution in [2.75, 3.05) is 0 Å². The van der Waals surface area contributed by atoms with E-state index in [0.29, 0.717) is 5.56 Å². The molecule has 15 heavy (non-hydrogen) atoms. The van der Waals surface area contributed by atoms with Crippen LogP contribution in [0.1, 0.15) is 22.8 Å². The van der Waals surface area contributed by atoms with Gasteiger partial charge < -0.3 is 9.36 Å². The first-order valence-electron chi connectivity index (χ1n) is 4.59. The summed E-state index contributed by atoms with van der Waals surface area (Å²) in [5.41, 5.74) is 2.96. The third-order valence-corrected chi connectivity index (χ3v) is 2.47. The molecule has 0 aliphatic carbocycles. The number of hydrogen-bond donors (Lipinski definition) is 0. The zero-order valence-corrected chi connectivity index (χ0v) is 14.5. The second kappa shape index (κ2) is 5.04. The van der Waals surface area contributed by atoms with E-state index in [-0.39, 0.29) is 64.0 Å². The minimum atomic E-state index is 0. The molecule has 0 N–H and O–H groups in total. The van der Waals surface area contributed by atoms with E-state index in [0.717, 1.165) is 10.9 Å². The number of nitrogens with zero attached hydrogens (tertiary/aromatic N) is 1. The van der Waals surface area contributed by atoms with Crippen molar-refractivity contribution in [3.8, 4) is 0 Å². The number of carbonyl (C=O) groups excluding carboxylic acids is 1. The van der Waals surface area contributed by atoms with E-state index in [2.05, 4.69) is 6.20 Å². The van der Waals surface area contributed by atoms with Crippen molar-refractivity contribution >= 4 is 16.7 Å². The van der Waals surface area contributed by atoms with Gasteiger partial charge in [-0.2, -0.15) is 0 Å². The minimum absolute atomic E-state index is 0. The SMILES string of the molecule is CC(=O)c1[c-]n(C)c2c(C)cccc12.[Rb+]. The van der Waals surface area contributed by atoms with Crippen LogP contribution in [-0.2, 0) is 7.05 Å². The van der Waals surface area contributed by atoms with Crippen LogP contribution in [0, 0.1) is 13.1 Å². The number of aryl methyl sites for hydroxylation is 2. The van der Waals surface area contributed by atoms with Gasteiger partial charge in [0.15, 0.2) is 0 Å². The molecule has 3 heteroatoms. The van der Waals surface area contributed by atoms with Gasteiger partial charge in [0.1, 0.15) is 0 Å². The maximum absolute atomic E-state index is 11.3. The van der Waals surface area contributed by atoms with Crippen molar-refractivity contribution in [2.45, 2.75) is 13.8 Å². The molecule has 0 amide bonds. The van der Waals surface area contributed by atoms with Crippen LogP contribution in [-0.4, -0.2) is 10.4 Å². The van der Waals surface area contributed by atoms with E-state index < -0.39 is 0 Å². The van der Waals surface area contributed by atoms with Gasteiger partial charge in [0.2, 0.25) is 0 Å². The zero-order valence-electron chi connectivity index (χ0n) is 9.59. The summed E-state index contributed by atoms with van der Waals surface area (Å²) >= 11 is 0. The van der Waals surface area contributed by atoms with E-state index in [4.69, 9.17) is 0 Å². The van der Waals surface area contributed by atoms with Crippen LogP contribution < -0.4 is 58.2 Å². The first-order valence-corrected chi connectivity index (χ1v) is 4.59. The summed E-state index contributed by atoms with van der Waals surface area (Å²) in [6.07, 6.45) is 3.06. The van der Waals surface area contributed by atoms with Gasteiger partial charge in [0.05, 0.1) is 5.78 Å². The Morgan fingerprint density at radius 2 is 2.07 bits per heavy atom. The molecule has 1 heterocycles. The average molecular weight is 272 g/mol. The van der Waals surface area contributed by atoms with Crippen LogP contribution in [0.25, 0.3) is 10.9 Å². The standard InChI is InChI=1S/C12H12NO.Rb/c1-8-5-4-6-10-11(9(2)14)7-13(3)12(8)10;/h4-6H,1-3H3;/q-1;+1. The molecule has 0 unspecified atom stereocenters. The summed E-state index contributed by atoms with van der Waals surface area (Å²) < 4.78 is 1.89. The number of ketones is 1. The first kappa shape index (κ1) is 13.3. The summed E-state index contributed by atoms with van der Waals surface area (Å²) in [6.45, 7) is 3.62. The number of rotatable bonds is 1. The quantitative estimate of drug-likeness (QED) is 0.506. The molecule has 0 aliphatic rings. The Balaban J connectivity index is 0.00000112. The summed E-state index contributed by atoms with van der Waals surface area (Å²) in [7, 11) is 1.92. The Bertz CT molecular complexity index is 514. The molecule has 1 aromatic carbocycles. The molecular weight excluding hydrogens is 260 g/mol. The molecule has 0 saturated carbocycles. The van der Waals surface area contributed by atoms with Crippen LogP contribution >= 0.6 is 0 Å². The molecule has 0 fully saturated rings. The molecule has 0 bridgehead atoms. The Morgan fingerprint density at radius 1 is 1.40 bits per heavy atom. The smallest absolute Gasteiger partial charge is 0.435 e. The van der Waals surface area contributed by atoms with Gasteiger partial charge in [-0.25, -0.2) is 0 Å². The number of Topliss-reactive ketones (excluding diaryl/α,β-unsaturated/α-hetero) is 1. The van der Waals surface area contributed by atoms with E-state index in [1.165, 1.54) is 5.56 Å². The topological polar surface area (TPSA) is 22.0 Å². The number of fused-ring (bicyclic) bond motifs is 1. The Hall–Kier alpha value is 0.235. The van der Waals surface area contributed by atoms with Gasteiger partial charge >= 0.3 is 58.2 Å². The van der Waals surface area contributed by atoms with Crippen LogP contribution in [0.2, 0.25) is 0 Å². The summed E-state index contributed by atoms with van der Waals surface area (Å²) in [5.74, 6) is 0.0706. The second-order valence-corrected chi connectivity index (χ2v) is 3.57. The van der Waals surface area contributed by atoms with Gasteiger partial charge in [-0.05, 0) is 20.9 Å². The van der Waals surface area contributed by atoms with E-state index in [1.807, 2.05) is 36.7 Å². The molecule has 2 rings (SSSR count). The third kappa shape index (κ3) is 2.33. The largest absolute Gasteiger partial charge is 1.00 e. The van der Waals surface area contributed by atoms with Crippen LogP contribution in [0.5, 0.6) is 0 Å². The fraction of sp³-hybridized carbons (Fsp3) is 0.250. The fourth-order valence-electron chi connectivity index (χ4n) is 1.86. The molecule has 0 radical (unpaired) electrons. The van der Waals surface area contributed by atoms with Crippen LogP contribution in [0.3, 0.4) is 0 Å². The summed E-state index contributed by atoms with van der Waals surface area (Å²) in [5, 5.41) is 1.00. The fourth-order valence-corrected chi connectivity index (χ4v) is 1.86. The van der Waals surface area contributed by atoms with Crippen molar-refractivity contribution in [1.82, 2.24) is 4.57 Å². The molecule has 0 spiro atoms. The predicted molar refractivity (Wildman–Crippen MR) is 56.5 cm³/mol. The molecule has 0 saturated heterocycles. The zero-order chi connectivity index (χ0) is 10.3. The van der Waals surface area contributed by atoms with E-state index in [9.17, 15) is 4.79 Å². The van der Waals surface area contributed by atoms with Crippen molar-refractivity contribution < 1.29 is 63.0 Å². The normalized spacial score (nSPS) is 10.1. The maximum atomic E-state index is 11.3. The monoisotopic (exact) mass is 271 g/mol. The number of hydrogen-bond acceptors (Lipinski definition) is 1. The molecule has 72 valence electrons.